The van der Waals surface area contributed by atoms with Crippen LogP contribution >= 0.6 is 35.2 Å². The maximum atomic E-state index is 12.7. The molecule has 0 radical (unpaired) electrons. The number of anilines is 1. The van der Waals surface area contributed by atoms with Gasteiger partial charge < -0.3 is 56.0 Å². The lowest BCUT2D eigenvalue weighted by molar-refractivity contribution is -0.137. The first kappa shape index (κ1) is 57.6. The van der Waals surface area contributed by atoms with E-state index in [2.05, 4.69) is 41.3 Å². The lowest BCUT2D eigenvalue weighted by atomic mass is 9.87. The summed E-state index contributed by atoms with van der Waals surface area (Å²) < 4.78 is 62.3. The van der Waals surface area contributed by atoms with E-state index in [1.807, 2.05) is 12.2 Å². The summed E-state index contributed by atoms with van der Waals surface area (Å²) in [4.78, 5) is 88.3. The van der Waals surface area contributed by atoms with Crippen LogP contribution in [-0.2, 0) is 50.7 Å². The standard InChI is InChI=1S/C37H64N7O18P3S/c1-4-5-6-7-8-9-10-11-12-13-14-15-25(45)20-28(47)66-19-18-39-27(46)16-17-40-35(50)32(49)37(2,3)22-59-65(56,57)62-64(54,55)58-21-26-31(61-63(51,52)53)30(48)36(60-26)44-24-43-29-33(38)41-23-42-34(29)44/h13-14,23-26,30-32,36,45,48-49H,4-12,15-22H2,1-3H3,(H,39,46)(H,40,50)(H,54,55)(H,56,57)(H2,38,41,42)(H2,51,52,53)/b14-13-/t25-,26+,30+,31+,32-,36+/m0/s1. The highest BCUT2D eigenvalue weighted by Crippen LogP contribution is 2.61. The fraction of sp³-hybridized carbons (Fsp3) is 0.730. The minimum absolute atomic E-state index is 0.0252. The molecule has 2 aromatic heterocycles. The number of ether oxygens (including phenoxy) is 1. The van der Waals surface area contributed by atoms with Crippen molar-refractivity contribution < 1.29 is 85.6 Å². The number of phosphoric ester groups is 3. The number of hydrogen-bond acceptors (Lipinski definition) is 19. The molecule has 2 aromatic rings. The van der Waals surface area contributed by atoms with E-state index in [0.29, 0.717) is 6.42 Å². The topological polar surface area (TPSA) is 384 Å². The van der Waals surface area contributed by atoms with Gasteiger partial charge in [-0.3, -0.25) is 32.5 Å². The number of hydrogen-bond donors (Lipinski definition) is 10. The van der Waals surface area contributed by atoms with Gasteiger partial charge in [0, 0.05) is 37.1 Å². The fourth-order valence-corrected chi connectivity index (χ4v) is 9.97. The number of fused-ring (bicyclic) bond motifs is 1. The molecular formula is C37H64N7O18P3S. The summed E-state index contributed by atoms with van der Waals surface area (Å²) in [7, 11) is -16.4. The number of allylic oxidation sites excluding steroid dienone is 1. The molecule has 29 heteroatoms. The summed E-state index contributed by atoms with van der Waals surface area (Å²) in [5.41, 5.74) is 4.25. The van der Waals surface area contributed by atoms with Crippen LogP contribution < -0.4 is 16.4 Å². The second-order valence-electron chi connectivity index (χ2n) is 16.1. The predicted molar refractivity (Wildman–Crippen MR) is 239 cm³/mol. The first-order valence-electron chi connectivity index (χ1n) is 21.3. The minimum Gasteiger partial charge on any atom is -0.392 e. The second-order valence-corrected chi connectivity index (χ2v) is 21.5. The number of phosphoric acid groups is 3. The zero-order chi connectivity index (χ0) is 49.1. The van der Waals surface area contributed by atoms with Crippen molar-refractivity contribution >= 4 is 69.1 Å². The zero-order valence-corrected chi connectivity index (χ0v) is 40.5. The molecule has 0 aromatic carbocycles. The normalized spacial score (nSPS) is 20.8. The number of amides is 2. The van der Waals surface area contributed by atoms with E-state index in [1.165, 1.54) is 58.8 Å². The van der Waals surface area contributed by atoms with E-state index in [0.717, 1.165) is 41.8 Å². The van der Waals surface area contributed by atoms with Gasteiger partial charge in [-0.25, -0.2) is 28.6 Å². The molecule has 1 saturated heterocycles. The largest absolute Gasteiger partial charge is 0.481 e. The molecule has 0 spiro atoms. The number of nitrogens with two attached hydrogens (primary N) is 1. The molecule has 0 aliphatic carbocycles. The van der Waals surface area contributed by atoms with Gasteiger partial charge in [-0.15, -0.1) is 0 Å². The van der Waals surface area contributed by atoms with Gasteiger partial charge in [0.25, 0.3) is 0 Å². The highest BCUT2D eigenvalue weighted by molar-refractivity contribution is 8.13. The van der Waals surface area contributed by atoms with Gasteiger partial charge in [-0.1, -0.05) is 89.6 Å². The molecule has 2 unspecified atom stereocenters. The van der Waals surface area contributed by atoms with Crippen LogP contribution in [0.1, 0.15) is 104 Å². The summed E-state index contributed by atoms with van der Waals surface area (Å²) in [6, 6.07) is 0. The van der Waals surface area contributed by atoms with Gasteiger partial charge in [0.1, 0.15) is 36.3 Å². The van der Waals surface area contributed by atoms with Crippen LogP contribution in [0.15, 0.2) is 24.8 Å². The Balaban J connectivity index is 1.35. The van der Waals surface area contributed by atoms with Crippen molar-refractivity contribution in [1.82, 2.24) is 30.2 Å². The first-order chi connectivity index (χ1) is 30.9. The first-order valence-corrected chi connectivity index (χ1v) is 26.8. The number of imidazole rings is 1. The maximum Gasteiger partial charge on any atom is 0.481 e. The molecular weight excluding hydrogens is 955 g/mol. The van der Waals surface area contributed by atoms with Crippen molar-refractivity contribution in [3.8, 4) is 0 Å². The Hall–Kier alpha value is -2.74. The van der Waals surface area contributed by atoms with Crippen LogP contribution in [0.3, 0.4) is 0 Å². The van der Waals surface area contributed by atoms with Gasteiger partial charge in [-0.2, -0.15) is 4.31 Å². The Morgan fingerprint density at radius 1 is 0.955 bits per heavy atom. The van der Waals surface area contributed by atoms with Gasteiger partial charge >= 0.3 is 23.5 Å². The predicted octanol–water partition coefficient (Wildman–Crippen LogP) is 2.89. The highest BCUT2D eigenvalue weighted by atomic mass is 32.2. The number of aliphatic hydroxyl groups excluding tert-OH is 3. The molecule has 25 nitrogen and oxygen atoms in total. The molecule has 376 valence electrons. The SMILES string of the molecule is CCCCCCCCCC/C=C\C[C@H](O)CC(=O)SCCNC(=O)CCNC(=O)[C@H](O)C(C)(C)COP(=O)(O)OP(=O)(O)OC[C@H]1O[C@@H](n2cnc3c(N)ncnc32)[C@H](O)[C@@H]1OP(=O)(O)O. The van der Waals surface area contributed by atoms with Gasteiger partial charge in [0.05, 0.1) is 25.6 Å². The van der Waals surface area contributed by atoms with Crippen molar-refractivity contribution in [2.24, 2.45) is 5.41 Å². The van der Waals surface area contributed by atoms with E-state index in [-0.39, 0.29) is 53.8 Å². The molecule has 1 fully saturated rings. The van der Waals surface area contributed by atoms with E-state index < -0.39 is 90.7 Å². The molecule has 1 aliphatic rings. The molecule has 8 atom stereocenters. The Bertz CT molecular complexity index is 2040. The third-order valence-electron chi connectivity index (χ3n) is 9.97. The quantitative estimate of drug-likeness (QED) is 0.0286. The number of nitrogens with one attached hydrogen (secondary N) is 2. The van der Waals surface area contributed by atoms with Crippen LogP contribution in [0.4, 0.5) is 5.82 Å². The van der Waals surface area contributed by atoms with E-state index in [9.17, 15) is 63.0 Å². The summed E-state index contributed by atoms with van der Waals surface area (Å²) in [6.45, 7) is 2.57. The Labute approximate surface area is 386 Å². The number of rotatable bonds is 32. The molecule has 0 bridgehead atoms. The molecule has 2 amide bonds. The average Bonchev–Trinajstić information content (AvgIpc) is 3.79. The molecule has 66 heavy (non-hydrogen) atoms. The molecule has 1 aliphatic heterocycles. The Morgan fingerprint density at radius 3 is 2.30 bits per heavy atom. The Morgan fingerprint density at radius 2 is 1.62 bits per heavy atom. The Kier molecular flexibility index (Phi) is 23.9. The third kappa shape index (κ3) is 20.5. The van der Waals surface area contributed by atoms with Crippen molar-refractivity contribution in [2.45, 2.75) is 135 Å². The molecule has 11 N–H and O–H groups in total. The summed E-state index contributed by atoms with van der Waals surface area (Å²) >= 11 is 0.974. The number of carbonyl (C=O) groups excluding carboxylic acids is 3. The minimum atomic E-state index is -5.59. The monoisotopic (exact) mass is 1020 g/mol. The third-order valence-corrected chi connectivity index (χ3v) is 14.0. The number of aromatic nitrogens is 4. The van der Waals surface area contributed by atoms with Crippen LogP contribution in [0, 0.1) is 5.41 Å². The lowest BCUT2D eigenvalue weighted by Crippen LogP contribution is -2.46. The van der Waals surface area contributed by atoms with Crippen molar-refractivity contribution in [2.75, 3.05) is 37.8 Å². The lowest BCUT2D eigenvalue weighted by Gasteiger charge is -2.30. The number of nitrogens with zero attached hydrogens (tertiary/aromatic N) is 4. The molecule has 3 heterocycles. The van der Waals surface area contributed by atoms with Crippen molar-refractivity contribution in [3.05, 3.63) is 24.8 Å². The van der Waals surface area contributed by atoms with Crippen molar-refractivity contribution in [1.29, 1.82) is 0 Å². The van der Waals surface area contributed by atoms with Crippen LogP contribution in [0.5, 0.6) is 0 Å². The zero-order valence-electron chi connectivity index (χ0n) is 37.0. The highest BCUT2D eigenvalue weighted by Gasteiger charge is 2.50. The summed E-state index contributed by atoms with van der Waals surface area (Å²) in [5.74, 6) is -1.25. The maximum absolute atomic E-state index is 12.7. The van der Waals surface area contributed by atoms with Crippen LogP contribution in [0.2, 0.25) is 0 Å². The van der Waals surface area contributed by atoms with Gasteiger partial charge in [0.2, 0.25) is 11.8 Å². The van der Waals surface area contributed by atoms with E-state index in [1.54, 1.807) is 0 Å². The van der Waals surface area contributed by atoms with Gasteiger partial charge in [-0.05, 0) is 19.3 Å². The summed E-state index contributed by atoms with van der Waals surface area (Å²) in [5, 5.41) is 36.4. The average molecular weight is 1020 g/mol. The van der Waals surface area contributed by atoms with E-state index in [4.69, 9.17) is 19.5 Å². The number of unbranched alkanes of at least 4 members (excludes halogenated alkanes) is 8. The van der Waals surface area contributed by atoms with Crippen LogP contribution in [0.25, 0.3) is 11.2 Å². The number of thioether (sulfide) groups is 1. The molecule has 3 rings (SSSR count). The number of aliphatic hydroxyl groups is 3. The number of nitrogen functional groups attached to an aromatic ring is 1. The second kappa shape index (κ2) is 27.4. The smallest absolute Gasteiger partial charge is 0.392 e. The number of carbonyl (C=O) groups is 3. The van der Waals surface area contributed by atoms with Gasteiger partial charge in [0.15, 0.2) is 22.8 Å². The van der Waals surface area contributed by atoms with E-state index >= 15 is 0 Å². The fourth-order valence-electron chi connectivity index (χ4n) is 6.40. The van der Waals surface area contributed by atoms with Crippen LogP contribution in [-0.4, -0.2) is 134 Å². The van der Waals surface area contributed by atoms with Crippen molar-refractivity contribution in [3.63, 3.8) is 0 Å². The summed E-state index contributed by atoms with van der Waals surface area (Å²) in [6.07, 6.45) is 7.32. The molecule has 0 saturated carbocycles.